The van der Waals surface area contributed by atoms with Crippen molar-refractivity contribution in [2.45, 2.75) is 99.3 Å². The first-order valence-electron chi connectivity index (χ1n) is 10.5. The quantitative estimate of drug-likeness (QED) is 0.479. The summed E-state index contributed by atoms with van der Waals surface area (Å²) in [5.41, 5.74) is 6.48. The molecule has 2 rings (SSSR count). The highest BCUT2D eigenvalue weighted by Gasteiger charge is 2.25. The maximum atomic E-state index is 10.4. The average Bonchev–Trinajstić information content (AvgIpc) is 2.50. The van der Waals surface area contributed by atoms with E-state index in [1.165, 1.54) is 11.1 Å². The van der Waals surface area contributed by atoms with Crippen molar-refractivity contribution in [2.75, 3.05) is 0 Å². The molecular formula is C27H42O2. The summed E-state index contributed by atoms with van der Waals surface area (Å²) in [5.74, 6) is 0.906. The predicted molar refractivity (Wildman–Crippen MR) is 127 cm³/mol. The number of benzene rings is 2. The first kappa shape index (κ1) is 25.1. The van der Waals surface area contributed by atoms with Crippen molar-refractivity contribution in [1.82, 2.24) is 0 Å². The van der Waals surface area contributed by atoms with Crippen LogP contribution in [-0.4, -0.2) is 10.2 Å². The summed E-state index contributed by atoms with van der Waals surface area (Å²) in [7, 11) is 0. The summed E-state index contributed by atoms with van der Waals surface area (Å²) in [6.45, 7) is 25.2. The zero-order valence-corrected chi connectivity index (χ0v) is 20.7. The molecule has 0 aromatic heterocycles. The molecule has 0 amide bonds. The minimum absolute atomic E-state index is 0.0147. The molecule has 0 fully saturated rings. The normalized spacial score (nSPS) is 12.4. The van der Waals surface area contributed by atoms with Crippen LogP contribution in [0, 0.1) is 20.8 Å². The predicted octanol–water partition coefficient (Wildman–Crippen LogP) is 7.60. The molecule has 0 aliphatic carbocycles. The van der Waals surface area contributed by atoms with Gasteiger partial charge in [-0.2, -0.15) is 0 Å². The second-order valence-electron chi connectivity index (χ2n) is 11.4. The summed E-state index contributed by atoms with van der Waals surface area (Å²) in [5, 5.41) is 20.2. The standard InChI is InChI=1S/C15H24O.C12H18O/c1-10-8-11(14(2,3)4)13(16)12(9-10)15(5,6)7;1-8-6-9(2)11(13)10(7-8)12(3,4)5/h8-9,16H,1-7H3;6-7,13H,1-5H3. The summed E-state index contributed by atoms with van der Waals surface area (Å²) < 4.78 is 0. The summed E-state index contributed by atoms with van der Waals surface area (Å²) in [6.07, 6.45) is 0. The highest BCUT2D eigenvalue weighted by atomic mass is 16.3. The third-order valence-corrected chi connectivity index (χ3v) is 5.12. The van der Waals surface area contributed by atoms with Gasteiger partial charge in [0.05, 0.1) is 0 Å². The Labute approximate surface area is 179 Å². The van der Waals surface area contributed by atoms with E-state index >= 15 is 0 Å². The minimum atomic E-state index is -0.0178. The Morgan fingerprint density at radius 2 is 0.759 bits per heavy atom. The molecule has 0 atom stereocenters. The van der Waals surface area contributed by atoms with Crippen LogP contribution in [0.2, 0.25) is 0 Å². The molecule has 0 radical (unpaired) electrons. The van der Waals surface area contributed by atoms with Crippen LogP contribution in [-0.2, 0) is 16.2 Å². The summed E-state index contributed by atoms with van der Waals surface area (Å²) in [4.78, 5) is 0. The Morgan fingerprint density at radius 1 is 0.483 bits per heavy atom. The monoisotopic (exact) mass is 398 g/mol. The van der Waals surface area contributed by atoms with E-state index in [0.29, 0.717) is 11.5 Å². The van der Waals surface area contributed by atoms with Crippen molar-refractivity contribution in [2.24, 2.45) is 0 Å². The number of aryl methyl sites for hydroxylation is 3. The van der Waals surface area contributed by atoms with Gasteiger partial charge in [-0.1, -0.05) is 97.7 Å². The van der Waals surface area contributed by atoms with E-state index in [0.717, 1.165) is 22.3 Å². The van der Waals surface area contributed by atoms with E-state index in [4.69, 9.17) is 0 Å². The van der Waals surface area contributed by atoms with Crippen LogP contribution in [0.15, 0.2) is 24.3 Å². The number of hydrogen-bond donors (Lipinski definition) is 2. The third-order valence-electron chi connectivity index (χ3n) is 5.12. The van der Waals surface area contributed by atoms with E-state index in [9.17, 15) is 10.2 Å². The van der Waals surface area contributed by atoms with Gasteiger partial charge in [0.25, 0.3) is 0 Å². The van der Waals surface area contributed by atoms with Gasteiger partial charge < -0.3 is 10.2 Å². The van der Waals surface area contributed by atoms with Gasteiger partial charge in [-0.3, -0.25) is 0 Å². The van der Waals surface area contributed by atoms with Crippen molar-refractivity contribution in [3.05, 3.63) is 57.6 Å². The van der Waals surface area contributed by atoms with Crippen LogP contribution in [0.4, 0.5) is 0 Å². The molecule has 2 nitrogen and oxygen atoms in total. The maximum Gasteiger partial charge on any atom is 0.123 e. The van der Waals surface area contributed by atoms with Gasteiger partial charge >= 0.3 is 0 Å². The van der Waals surface area contributed by atoms with Gasteiger partial charge in [0.1, 0.15) is 11.5 Å². The minimum Gasteiger partial charge on any atom is -0.507 e. The summed E-state index contributed by atoms with van der Waals surface area (Å²) >= 11 is 0. The molecule has 0 bridgehead atoms. The smallest absolute Gasteiger partial charge is 0.123 e. The van der Waals surface area contributed by atoms with Crippen molar-refractivity contribution in [3.63, 3.8) is 0 Å². The number of aromatic hydroxyl groups is 2. The fourth-order valence-corrected chi connectivity index (χ4v) is 3.45. The van der Waals surface area contributed by atoms with Crippen LogP contribution >= 0.6 is 0 Å². The SMILES string of the molecule is Cc1cc(C(C)(C)C)c(O)c(C(C)(C)C)c1.Cc1cc(C)c(O)c(C(C)(C)C)c1. The average molecular weight is 399 g/mol. The van der Waals surface area contributed by atoms with Gasteiger partial charge in [0, 0.05) is 0 Å². The summed E-state index contributed by atoms with van der Waals surface area (Å²) in [6, 6.07) is 8.24. The highest BCUT2D eigenvalue weighted by Crippen LogP contribution is 2.39. The largest absolute Gasteiger partial charge is 0.507 e. The zero-order chi connectivity index (χ0) is 22.9. The molecule has 0 saturated carbocycles. The van der Waals surface area contributed by atoms with E-state index in [1.807, 2.05) is 13.0 Å². The van der Waals surface area contributed by atoms with Crippen molar-refractivity contribution >= 4 is 0 Å². The number of phenols is 2. The lowest BCUT2D eigenvalue weighted by atomic mass is 9.78. The number of hydrogen-bond acceptors (Lipinski definition) is 2. The third kappa shape index (κ3) is 6.52. The zero-order valence-electron chi connectivity index (χ0n) is 20.7. The Hall–Kier alpha value is -1.96. The van der Waals surface area contributed by atoms with Crippen LogP contribution in [0.25, 0.3) is 0 Å². The lowest BCUT2D eigenvalue weighted by Crippen LogP contribution is -2.17. The van der Waals surface area contributed by atoms with E-state index in [-0.39, 0.29) is 16.2 Å². The first-order valence-corrected chi connectivity index (χ1v) is 10.5. The molecule has 0 spiro atoms. The molecule has 2 aromatic carbocycles. The Bertz CT molecular complexity index is 819. The molecule has 0 saturated heterocycles. The van der Waals surface area contributed by atoms with Gasteiger partial charge in [0.15, 0.2) is 0 Å². The Morgan fingerprint density at radius 3 is 1.07 bits per heavy atom. The van der Waals surface area contributed by atoms with Gasteiger partial charge in [-0.05, 0) is 59.3 Å². The van der Waals surface area contributed by atoms with Crippen LogP contribution in [0.5, 0.6) is 11.5 Å². The molecule has 2 heteroatoms. The molecular weight excluding hydrogens is 356 g/mol. The van der Waals surface area contributed by atoms with E-state index in [2.05, 4.69) is 94.4 Å². The molecule has 2 aromatic rings. The Kier molecular flexibility index (Phi) is 7.28. The van der Waals surface area contributed by atoms with Crippen molar-refractivity contribution in [3.8, 4) is 11.5 Å². The Balaban J connectivity index is 0.000000296. The van der Waals surface area contributed by atoms with Crippen LogP contribution in [0.1, 0.15) is 95.7 Å². The molecule has 162 valence electrons. The van der Waals surface area contributed by atoms with Gasteiger partial charge in [-0.15, -0.1) is 0 Å². The number of phenolic OH excluding ortho intramolecular Hbond substituents is 2. The molecule has 0 aliphatic heterocycles. The van der Waals surface area contributed by atoms with Crippen LogP contribution in [0.3, 0.4) is 0 Å². The fraction of sp³-hybridized carbons (Fsp3) is 0.556. The maximum absolute atomic E-state index is 10.4. The van der Waals surface area contributed by atoms with Crippen LogP contribution < -0.4 is 0 Å². The topological polar surface area (TPSA) is 40.5 Å². The molecule has 0 unspecified atom stereocenters. The van der Waals surface area contributed by atoms with Crippen molar-refractivity contribution in [1.29, 1.82) is 0 Å². The fourth-order valence-electron chi connectivity index (χ4n) is 3.45. The second kappa shape index (κ2) is 8.42. The van der Waals surface area contributed by atoms with Gasteiger partial charge in [0.2, 0.25) is 0 Å². The molecule has 2 N–H and O–H groups in total. The van der Waals surface area contributed by atoms with E-state index in [1.54, 1.807) is 0 Å². The van der Waals surface area contributed by atoms with Gasteiger partial charge in [-0.25, -0.2) is 0 Å². The van der Waals surface area contributed by atoms with Crippen molar-refractivity contribution < 1.29 is 10.2 Å². The molecule has 29 heavy (non-hydrogen) atoms. The molecule has 0 heterocycles. The second-order valence-corrected chi connectivity index (χ2v) is 11.4. The van der Waals surface area contributed by atoms with E-state index < -0.39 is 0 Å². The molecule has 0 aliphatic rings. The highest BCUT2D eigenvalue weighted by molar-refractivity contribution is 5.49. The lowest BCUT2D eigenvalue weighted by molar-refractivity contribution is 0.423. The lowest BCUT2D eigenvalue weighted by Gasteiger charge is -2.27. The number of rotatable bonds is 0. The first-order chi connectivity index (χ1) is 12.9.